The number of carbonyl (C=O) groups is 1. The van der Waals surface area contributed by atoms with E-state index in [0.717, 1.165) is 36.0 Å². The summed E-state index contributed by atoms with van der Waals surface area (Å²) in [6.07, 6.45) is 3.78. The van der Waals surface area contributed by atoms with Crippen molar-refractivity contribution in [3.63, 3.8) is 0 Å². The number of carbonyl (C=O) groups excluding carboxylic acids is 1. The summed E-state index contributed by atoms with van der Waals surface area (Å²) in [7, 11) is -3.68. The normalized spacial score (nSPS) is 18.2. The van der Waals surface area contributed by atoms with Crippen LogP contribution in [-0.4, -0.2) is 32.2 Å². The number of benzene rings is 2. The van der Waals surface area contributed by atoms with E-state index in [1.54, 1.807) is 18.2 Å². The molecule has 0 unspecified atom stereocenters. The van der Waals surface area contributed by atoms with Crippen LogP contribution in [0.5, 0.6) is 5.75 Å². The van der Waals surface area contributed by atoms with Crippen molar-refractivity contribution in [2.24, 2.45) is 0 Å². The Morgan fingerprint density at radius 1 is 1.16 bits per heavy atom. The molecule has 6 nitrogen and oxygen atoms in total. The van der Waals surface area contributed by atoms with Gasteiger partial charge in [-0.15, -0.1) is 0 Å². The Bertz CT molecular complexity index is 1060. The van der Waals surface area contributed by atoms with Crippen LogP contribution in [0, 0.1) is 6.92 Å². The Hall–Kier alpha value is -2.54. The molecule has 0 radical (unpaired) electrons. The summed E-state index contributed by atoms with van der Waals surface area (Å²) in [5.74, 6) is 0.474. The predicted octanol–water partition coefficient (Wildman–Crippen LogP) is 4.74. The molecule has 3 rings (SSSR count). The van der Waals surface area contributed by atoms with Gasteiger partial charge in [0.25, 0.3) is 0 Å². The highest BCUT2D eigenvalue weighted by atomic mass is 32.2. The summed E-state index contributed by atoms with van der Waals surface area (Å²) in [6, 6.07) is 13.9. The predicted molar refractivity (Wildman–Crippen MR) is 128 cm³/mol. The number of aryl methyl sites for hydroxylation is 1. The van der Waals surface area contributed by atoms with Crippen LogP contribution in [-0.2, 0) is 14.8 Å². The fourth-order valence-corrected chi connectivity index (χ4v) is 5.73. The number of rotatable bonds is 8. The third-order valence-corrected chi connectivity index (χ3v) is 7.57. The van der Waals surface area contributed by atoms with Crippen LogP contribution in [0.3, 0.4) is 0 Å². The molecule has 0 saturated heterocycles. The molecule has 1 aliphatic rings. The zero-order valence-corrected chi connectivity index (χ0v) is 20.4. The molecular formula is C25H34N2O4S. The van der Waals surface area contributed by atoms with Crippen LogP contribution in [0.15, 0.2) is 48.5 Å². The minimum atomic E-state index is -3.68. The highest BCUT2D eigenvalue weighted by molar-refractivity contribution is 7.92. The highest BCUT2D eigenvalue weighted by Crippen LogP contribution is 2.42. The van der Waals surface area contributed by atoms with Crippen LogP contribution in [0.4, 0.5) is 5.69 Å². The molecule has 2 atom stereocenters. The number of hydrogen-bond donors (Lipinski definition) is 1. The number of anilines is 1. The van der Waals surface area contributed by atoms with Gasteiger partial charge in [-0.1, -0.05) is 51.1 Å². The van der Waals surface area contributed by atoms with Crippen molar-refractivity contribution in [3.8, 4) is 5.75 Å². The monoisotopic (exact) mass is 458 g/mol. The molecule has 0 fully saturated rings. The fourth-order valence-electron chi connectivity index (χ4n) is 4.52. The van der Waals surface area contributed by atoms with Crippen LogP contribution >= 0.6 is 0 Å². The van der Waals surface area contributed by atoms with E-state index in [-0.39, 0.29) is 17.6 Å². The van der Waals surface area contributed by atoms with E-state index < -0.39 is 16.1 Å². The van der Waals surface area contributed by atoms with Crippen LogP contribution in [0.2, 0.25) is 0 Å². The van der Waals surface area contributed by atoms with E-state index in [4.69, 9.17) is 4.74 Å². The van der Waals surface area contributed by atoms with Crippen LogP contribution in [0.25, 0.3) is 0 Å². The maximum atomic E-state index is 13.5. The lowest BCUT2D eigenvalue weighted by molar-refractivity contribution is -0.123. The van der Waals surface area contributed by atoms with Gasteiger partial charge < -0.3 is 10.1 Å². The molecule has 32 heavy (non-hydrogen) atoms. The molecule has 7 heteroatoms. The maximum absolute atomic E-state index is 13.5. The first kappa shape index (κ1) is 24.1. The maximum Gasteiger partial charge on any atom is 0.244 e. The van der Waals surface area contributed by atoms with Crippen LogP contribution in [0.1, 0.15) is 63.6 Å². The van der Waals surface area contributed by atoms with Gasteiger partial charge in [-0.05, 0) is 49.9 Å². The van der Waals surface area contributed by atoms with Gasteiger partial charge in [0.2, 0.25) is 15.9 Å². The number of nitrogens with one attached hydrogen (secondary N) is 1. The van der Waals surface area contributed by atoms with Crippen LogP contribution < -0.4 is 14.4 Å². The van der Waals surface area contributed by atoms with Crippen molar-refractivity contribution >= 4 is 21.6 Å². The number of nitrogens with zero attached hydrogens (tertiary/aromatic N) is 1. The molecule has 0 spiro atoms. The topological polar surface area (TPSA) is 75.7 Å². The number of para-hydroxylation sites is 1. The molecule has 0 aliphatic carbocycles. The summed E-state index contributed by atoms with van der Waals surface area (Å²) in [5, 5.41) is 3.16. The van der Waals surface area contributed by atoms with E-state index in [2.05, 4.69) is 19.2 Å². The van der Waals surface area contributed by atoms with E-state index in [1.807, 2.05) is 44.2 Å². The lowest BCUT2D eigenvalue weighted by Crippen LogP contribution is -2.52. The van der Waals surface area contributed by atoms with Gasteiger partial charge in [0, 0.05) is 12.0 Å². The molecule has 1 N–H and O–H groups in total. The summed E-state index contributed by atoms with van der Waals surface area (Å²) in [6.45, 7) is 7.92. The van der Waals surface area contributed by atoms with E-state index >= 15 is 0 Å². The second-order valence-electron chi connectivity index (χ2n) is 8.62. The Kier molecular flexibility index (Phi) is 7.18. The van der Waals surface area contributed by atoms with Crippen molar-refractivity contribution in [1.29, 1.82) is 0 Å². The minimum absolute atomic E-state index is 0.250. The molecule has 2 aromatic carbocycles. The number of ether oxygens (including phenoxy) is 1. The largest absolute Gasteiger partial charge is 0.487 e. The van der Waals surface area contributed by atoms with Crippen molar-refractivity contribution in [2.75, 3.05) is 10.6 Å². The van der Waals surface area contributed by atoms with E-state index in [1.165, 1.54) is 4.31 Å². The molecule has 174 valence electrons. The number of amides is 1. The molecule has 1 heterocycles. The first-order valence-electron chi connectivity index (χ1n) is 11.3. The second kappa shape index (κ2) is 9.53. The lowest BCUT2D eigenvalue weighted by atomic mass is 9.83. The Morgan fingerprint density at radius 3 is 2.44 bits per heavy atom. The average Bonchev–Trinajstić information content (AvgIpc) is 2.76. The summed E-state index contributed by atoms with van der Waals surface area (Å²) < 4.78 is 33.1. The summed E-state index contributed by atoms with van der Waals surface area (Å²) in [5.41, 5.74) is 2.00. The first-order chi connectivity index (χ1) is 15.1. The van der Waals surface area contributed by atoms with Gasteiger partial charge >= 0.3 is 0 Å². The fraction of sp³-hybridized carbons (Fsp3) is 0.480. The quantitative estimate of drug-likeness (QED) is 0.620. The van der Waals surface area contributed by atoms with Gasteiger partial charge in [0.15, 0.2) is 0 Å². The lowest BCUT2D eigenvalue weighted by Gasteiger charge is -2.42. The SMILES string of the molecule is CC[C@H](C(=O)N[C@@H]1CC(CC)(CC)Oc2ccccc21)N(c1cccc(C)c1)S(C)(=O)=O. The Morgan fingerprint density at radius 2 is 1.84 bits per heavy atom. The second-order valence-corrected chi connectivity index (χ2v) is 10.5. The minimum Gasteiger partial charge on any atom is -0.487 e. The van der Waals surface area contributed by atoms with Gasteiger partial charge in [-0.3, -0.25) is 9.10 Å². The molecular weight excluding hydrogens is 424 g/mol. The summed E-state index contributed by atoms with van der Waals surface area (Å²) in [4.78, 5) is 13.5. The standard InChI is InChI=1S/C25H34N2O4S/c1-6-22(27(32(5,29)30)19-13-11-12-18(4)16-19)24(28)26-21-17-25(7-2,8-3)31-23-15-10-9-14-20(21)23/h9-16,21-22H,6-8,17H2,1-5H3,(H,26,28)/t21-,22-/m1/s1. The Labute approximate surface area is 192 Å². The molecule has 0 aromatic heterocycles. The van der Waals surface area contributed by atoms with Crippen molar-refractivity contribution < 1.29 is 17.9 Å². The van der Waals surface area contributed by atoms with Gasteiger partial charge in [0.05, 0.1) is 18.0 Å². The third-order valence-electron chi connectivity index (χ3n) is 6.39. The van der Waals surface area contributed by atoms with E-state index in [0.29, 0.717) is 18.5 Å². The molecule has 0 bridgehead atoms. The zero-order chi connectivity index (χ0) is 23.5. The average molecular weight is 459 g/mol. The van der Waals surface area contributed by atoms with Crippen molar-refractivity contribution in [1.82, 2.24) is 5.32 Å². The molecule has 1 amide bonds. The van der Waals surface area contributed by atoms with E-state index in [9.17, 15) is 13.2 Å². The molecule has 0 saturated carbocycles. The van der Waals surface area contributed by atoms with Crippen molar-refractivity contribution in [3.05, 3.63) is 59.7 Å². The molecule has 1 aliphatic heterocycles. The number of hydrogen-bond acceptors (Lipinski definition) is 4. The smallest absolute Gasteiger partial charge is 0.244 e. The number of sulfonamides is 1. The van der Waals surface area contributed by atoms with Gasteiger partial charge in [-0.25, -0.2) is 8.42 Å². The molecule has 2 aromatic rings. The first-order valence-corrected chi connectivity index (χ1v) is 13.1. The third kappa shape index (κ3) is 4.93. The Balaban J connectivity index is 1.96. The number of fused-ring (bicyclic) bond motifs is 1. The zero-order valence-electron chi connectivity index (χ0n) is 19.6. The highest BCUT2D eigenvalue weighted by Gasteiger charge is 2.40. The van der Waals surface area contributed by atoms with Gasteiger partial charge in [0.1, 0.15) is 17.4 Å². The van der Waals surface area contributed by atoms with Gasteiger partial charge in [-0.2, -0.15) is 0 Å². The van der Waals surface area contributed by atoms with Crippen molar-refractivity contribution in [2.45, 2.75) is 71.1 Å². The summed E-state index contributed by atoms with van der Waals surface area (Å²) >= 11 is 0.